The second-order valence-electron chi connectivity index (χ2n) is 5.35. The number of nitrogens with zero attached hydrogens (tertiary/aromatic N) is 1. The van der Waals surface area contributed by atoms with Crippen LogP contribution in [0.5, 0.6) is 0 Å². The molecule has 0 saturated heterocycles. The van der Waals surface area contributed by atoms with E-state index < -0.39 is 6.23 Å². The molecule has 0 spiro atoms. The molecule has 0 fully saturated rings. The third-order valence-electron chi connectivity index (χ3n) is 3.83. The zero-order valence-electron chi connectivity index (χ0n) is 12.0. The van der Waals surface area contributed by atoms with Crippen LogP contribution in [0.1, 0.15) is 27.8 Å². The molecule has 0 bridgehead atoms. The number of pyridine rings is 1. The topological polar surface area (TPSA) is 51.2 Å². The summed E-state index contributed by atoms with van der Waals surface area (Å²) < 4.78 is 5.44. The Morgan fingerprint density at radius 2 is 1.91 bits per heavy atom. The number of rotatable bonds is 2. The molecule has 0 unspecified atom stereocenters. The molecule has 2 heterocycles. The van der Waals surface area contributed by atoms with Crippen LogP contribution in [0.2, 0.25) is 0 Å². The van der Waals surface area contributed by atoms with Crippen LogP contribution in [0.4, 0.5) is 5.69 Å². The van der Waals surface area contributed by atoms with E-state index in [2.05, 4.69) is 10.3 Å². The average molecular weight is 290 g/mol. The number of benzene rings is 2. The number of esters is 1. The minimum absolute atomic E-state index is 0.294. The monoisotopic (exact) mass is 290 g/mol. The van der Waals surface area contributed by atoms with Gasteiger partial charge >= 0.3 is 5.97 Å². The molecule has 2 aromatic carbocycles. The van der Waals surface area contributed by atoms with Gasteiger partial charge in [0.25, 0.3) is 0 Å². The van der Waals surface area contributed by atoms with E-state index in [1.54, 1.807) is 6.07 Å². The van der Waals surface area contributed by atoms with Crippen molar-refractivity contribution in [1.29, 1.82) is 0 Å². The van der Waals surface area contributed by atoms with Gasteiger partial charge in [-0.2, -0.15) is 0 Å². The SMILES string of the molecule is Cc1ccc2cccc(N[C@H]3OC(=O)c4ccccc43)c2n1. The van der Waals surface area contributed by atoms with Gasteiger partial charge in [-0.3, -0.25) is 4.98 Å². The van der Waals surface area contributed by atoms with Crippen molar-refractivity contribution < 1.29 is 9.53 Å². The Labute approximate surface area is 127 Å². The number of anilines is 1. The molecule has 1 aromatic heterocycles. The van der Waals surface area contributed by atoms with Crippen LogP contribution in [-0.2, 0) is 4.74 Å². The Bertz CT molecular complexity index is 889. The van der Waals surface area contributed by atoms with Crippen molar-refractivity contribution in [3.63, 3.8) is 0 Å². The van der Waals surface area contributed by atoms with E-state index in [-0.39, 0.29) is 5.97 Å². The molecule has 4 rings (SSSR count). The highest BCUT2D eigenvalue weighted by Gasteiger charge is 2.30. The molecule has 1 aliphatic rings. The molecule has 3 aromatic rings. The number of nitrogens with one attached hydrogen (secondary N) is 1. The number of hydrogen-bond acceptors (Lipinski definition) is 4. The Morgan fingerprint density at radius 3 is 2.82 bits per heavy atom. The van der Waals surface area contributed by atoms with Crippen molar-refractivity contribution in [3.05, 3.63) is 71.4 Å². The first-order valence-corrected chi connectivity index (χ1v) is 7.15. The first-order valence-electron chi connectivity index (χ1n) is 7.15. The third-order valence-corrected chi connectivity index (χ3v) is 3.83. The third kappa shape index (κ3) is 2.00. The summed E-state index contributed by atoms with van der Waals surface area (Å²) in [6.45, 7) is 1.96. The summed E-state index contributed by atoms with van der Waals surface area (Å²) in [4.78, 5) is 16.5. The van der Waals surface area contributed by atoms with E-state index in [1.165, 1.54) is 0 Å². The number of ether oxygens (including phenoxy) is 1. The maximum absolute atomic E-state index is 11.9. The fourth-order valence-corrected chi connectivity index (χ4v) is 2.76. The fraction of sp³-hybridized carbons (Fsp3) is 0.111. The van der Waals surface area contributed by atoms with Crippen LogP contribution < -0.4 is 5.32 Å². The van der Waals surface area contributed by atoms with Crippen LogP contribution >= 0.6 is 0 Å². The zero-order chi connectivity index (χ0) is 15.1. The van der Waals surface area contributed by atoms with Crippen LogP contribution in [0.25, 0.3) is 10.9 Å². The van der Waals surface area contributed by atoms with Gasteiger partial charge in [-0.15, -0.1) is 0 Å². The van der Waals surface area contributed by atoms with Gasteiger partial charge in [0.15, 0.2) is 0 Å². The van der Waals surface area contributed by atoms with Crippen LogP contribution in [0.3, 0.4) is 0 Å². The molecule has 0 radical (unpaired) electrons. The second kappa shape index (κ2) is 4.84. The van der Waals surface area contributed by atoms with E-state index in [0.29, 0.717) is 5.56 Å². The maximum Gasteiger partial charge on any atom is 0.340 e. The number of aryl methyl sites for hydroxylation is 1. The fourth-order valence-electron chi connectivity index (χ4n) is 2.76. The van der Waals surface area contributed by atoms with E-state index in [9.17, 15) is 4.79 Å². The molecular formula is C18H14N2O2. The van der Waals surface area contributed by atoms with Gasteiger partial charge in [-0.05, 0) is 25.1 Å². The van der Waals surface area contributed by atoms with Crippen molar-refractivity contribution in [1.82, 2.24) is 4.98 Å². The highest BCUT2D eigenvalue weighted by molar-refractivity contribution is 5.95. The van der Waals surface area contributed by atoms with Gasteiger partial charge in [0, 0.05) is 16.6 Å². The van der Waals surface area contributed by atoms with E-state index in [0.717, 1.165) is 27.8 Å². The summed E-state index contributed by atoms with van der Waals surface area (Å²) >= 11 is 0. The minimum atomic E-state index is -0.475. The molecular weight excluding hydrogens is 276 g/mol. The van der Waals surface area contributed by atoms with Gasteiger partial charge in [-0.25, -0.2) is 4.79 Å². The molecule has 0 aliphatic carbocycles. The molecule has 108 valence electrons. The van der Waals surface area contributed by atoms with Crippen molar-refractivity contribution >= 4 is 22.6 Å². The zero-order valence-corrected chi connectivity index (χ0v) is 12.0. The lowest BCUT2D eigenvalue weighted by atomic mass is 10.1. The maximum atomic E-state index is 11.9. The highest BCUT2D eigenvalue weighted by atomic mass is 16.6. The molecule has 1 atom stereocenters. The minimum Gasteiger partial charge on any atom is -0.434 e. The van der Waals surface area contributed by atoms with Crippen LogP contribution in [0, 0.1) is 6.92 Å². The average Bonchev–Trinajstić information content (AvgIpc) is 2.85. The highest BCUT2D eigenvalue weighted by Crippen LogP contribution is 2.33. The molecule has 1 aliphatic heterocycles. The standard InChI is InChI=1S/C18H14N2O2/c1-11-9-10-12-5-4-8-15(16(12)19-11)20-17-13-6-2-3-7-14(13)18(21)22-17/h2-10,17,20H,1H3/t17-/m0/s1. The summed E-state index contributed by atoms with van der Waals surface area (Å²) in [7, 11) is 0. The summed E-state index contributed by atoms with van der Waals surface area (Å²) in [5, 5.41) is 4.34. The van der Waals surface area contributed by atoms with E-state index in [1.807, 2.05) is 55.5 Å². The number of para-hydroxylation sites is 1. The number of hydrogen-bond donors (Lipinski definition) is 1. The second-order valence-corrected chi connectivity index (χ2v) is 5.35. The first kappa shape index (κ1) is 12.8. The predicted octanol–water partition coefficient (Wildman–Crippen LogP) is 3.82. The van der Waals surface area contributed by atoms with Gasteiger partial charge in [-0.1, -0.05) is 36.4 Å². The van der Waals surface area contributed by atoms with Crippen molar-refractivity contribution in [2.24, 2.45) is 0 Å². The number of fused-ring (bicyclic) bond motifs is 2. The number of aromatic nitrogens is 1. The molecule has 22 heavy (non-hydrogen) atoms. The Morgan fingerprint density at radius 1 is 1.05 bits per heavy atom. The smallest absolute Gasteiger partial charge is 0.340 e. The first-order chi connectivity index (χ1) is 10.7. The summed E-state index contributed by atoms with van der Waals surface area (Å²) in [5.41, 5.74) is 4.16. The molecule has 4 heteroatoms. The Balaban J connectivity index is 1.76. The van der Waals surface area contributed by atoms with Gasteiger partial charge in [0.1, 0.15) is 0 Å². The number of carbonyl (C=O) groups is 1. The molecule has 0 amide bonds. The van der Waals surface area contributed by atoms with E-state index in [4.69, 9.17) is 4.74 Å². The lowest BCUT2D eigenvalue weighted by Crippen LogP contribution is -2.10. The van der Waals surface area contributed by atoms with Crippen molar-refractivity contribution in [2.45, 2.75) is 13.2 Å². The lowest BCUT2D eigenvalue weighted by molar-refractivity contribution is 0.0437. The van der Waals surface area contributed by atoms with Gasteiger partial charge in [0.05, 0.1) is 16.8 Å². The Hall–Kier alpha value is -2.88. The van der Waals surface area contributed by atoms with Crippen LogP contribution in [-0.4, -0.2) is 11.0 Å². The lowest BCUT2D eigenvalue weighted by Gasteiger charge is -2.15. The van der Waals surface area contributed by atoms with Crippen molar-refractivity contribution in [2.75, 3.05) is 5.32 Å². The number of cyclic esters (lactones) is 1. The summed E-state index contributed by atoms with van der Waals surface area (Å²) in [6, 6.07) is 17.4. The normalized spacial score (nSPS) is 16.4. The summed E-state index contributed by atoms with van der Waals surface area (Å²) in [6.07, 6.45) is -0.475. The summed E-state index contributed by atoms with van der Waals surface area (Å²) in [5.74, 6) is -0.294. The number of carbonyl (C=O) groups excluding carboxylic acids is 1. The predicted molar refractivity (Wildman–Crippen MR) is 84.7 cm³/mol. The molecule has 4 nitrogen and oxygen atoms in total. The van der Waals surface area contributed by atoms with Crippen molar-refractivity contribution in [3.8, 4) is 0 Å². The van der Waals surface area contributed by atoms with Crippen LogP contribution in [0.15, 0.2) is 54.6 Å². The molecule has 0 saturated carbocycles. The largest absolute Gasteiger partial charge is 0.434 e. The van der Waals surface area contributed by atoms with Gasteiger partial charge < -0.3 is 10.1 Å². The Kier molecular flexibility index (Phi) is 2.82. The quantitative estimate of drug-likeness (QED) is 0.729. The van der Waals surface area contributed by atoms with E-state index >= 15 is 0 Å². The molecule has 1 N–H and O–H groups in total. The van der Waals surface area contributed by atoms with Gasteiger partial charge in [0.2, 0.25) is 6.23 Å².